The van der Waals surface area contributed by atoms with Crippen LogP contribution in [-0.4, -0.2) is 36.1 Å². The average molecular weight is 207 g/mol. The van der Waals surface area contributed by atoms with Crippen LogP contribution >= 0.6 is 0 Å². The predicted octanol–water partition coefficient (Wildman–Crippen LogP) is 1.14. The summed E-state index contributed by atoms with van der Waals surface area (Å²) in [6.45, 7) is 2.95. The van der Waals surface area contributed by atoms with Crippen molar-refractivity contribution in [2.75, 3.05) is 7.11 Å². The van der Waals surface area contributed by atoms with Gasteiger partial charge in [-0.2, -0.15) is 0 Å². The van der Waals surface area contributed by atoms with E-state index in [9.17, 15) is 14.5 Å². The van der Waals surface area contributed by atoms with E-state index in [1.807, 2.05) is 0 Å². The Morgan fingerprint density at radius 2 is 2.29 bits per heavy atom. The van der Waals surface area contributed by atoms with Gasteiger partial charge in [-0.15, -0.1) is 0 Å². The summed E-state index contributed by atoms with van der Waals surface area (Å²) in [7, 11) is 1.37. The number of hydrogen-bond acceptors (Lipinski definition) is 4. The Balaban J connectivity index is 2.93. The highest BCUT2D eigenvalue weighted by atomic mass is 19.1. The van der Waals surface area contributed by atoms with Crippen molar-refractivity contribution in [2.24, 2.45) is 0 Å². The third-order valence-corrected chi connectivity index (χ3v) is 2.65. The van der Waals surface area contributed by atoms with Gasteiger partial charge in [-0.05, 0) is 6.92 Å². The van der Waals surface area contributed by atoms with Crippen molar-refractivity contribution >= 4 is 0 Å². The minimum Gasteiger partial charge on any atom is -0.371 e. The molecule has 5 nitrogen and oxygen atoms in total. The van der Waals surface area contributed by atoms with E-state index in [0.29, 0.717) is 0 Å². The smallest absolute Gasteiger partial charge is 0.252 e. The molecule has 14 heavy (non-hydrogen) atoms. The monoisotopic (exact) mass is 207 g/mol. The molecule has 0 aliphatic carbocycles. The van der Waals surface area contributed by atoms with Crippen LogP contribution < -0.4 is 0 Å². The number of alkyl halides is 1. The summed E-state index contributed by atoms with van der Waals surface area (Å²) in [4.78, 5) is 10.3. The normalized spacial score (nSPS) is 43.6. The van der Waals surface area contributed by atoms with Crippen LogP contribution in [0.2, 0.25) is 0 Å². The zero-order chi connectivity index (χ0) is 10.9. The quantitative estimate of drug-likeness (QED) is 0.503. The SMILES string of the molecule is CO[C@H]1[C@H](C)OC(F)C[C@]1(C)[N+](=O)[O-]. The number of rotatable bonds is 2. The van der Waals surface area contributed by atoms with Crippen LogP contribution in [-0.2, 0) is 9.47 Å². The maximum atomic E-state index is 13.0. The standard InChI is InChI=1S/C8H14FNO4/c1-5-7(13-3)8(2,10(11)12)4-6(9)14-5/h5-7H,4H2,1-3H3/t5-,6?,7-,8-/m0/s1. The fraction of sp³-hybridized carbons (Fsp3) is 1.00. The summed E-state index contributed by atoms with van der Waals surface area (Å²) in [5.74, 6) is 0. The van der Waals surface area contributed by atoms with Crippen LogP contribution in [0.5, 0.6) is 0 Å². The van der Waals surface area contributed by atoms with E-state index in [1.54, 1.807) is 6.92 Å². The molecule has 1 saturated heterocycles. The Morgan fingerprint density at radius 3 is 2.71 bits per heavy atom. The van der Waals surface area contributed by atoms with E-state index in [-0.39, 0.29) is 6.42 Å². The second-order valence-electron chi connectivity index (χ2n) is 3.73. The Labute approximate surface area is 81.3 Å². The number of halogens is 1. The van der Waals surface area contributed by atoms with E-state index in [2.05, 4.69) is 0 Å². The molecule has 1 heterocycles. The molecule has 0 radical (unpaired) electrons. The fourth-order valence-electron chi connectivity index (χ4n) is 1.92. The van der Waals surface area contributed by atoms with Gasteiger partial charge in [0, 0.05) is 19.0 Å². The molecular weight excluding hydrogens is 193 g/mol. The van der Waals surface area contributed by atoms with Gasteiger partial charge >= 0.3 is 0 Å². The Kier molecular flexibility index (Phi) is 3.06. The summed E-state index contributed by atoms with van der Waals surface area (Å²) in [6, 6.07) is 0. The Bertz CT molecular complexity index is 237. The summed E-state index contributed by atoms with van der Waals surface area (Å²) in [6.07, 6.45) is -3.20. The van der Waals surface area contributed by atoms with Gasteiger partial charge < -0.3 is 9.47 Å². The molecule has 0 aromatic carbocycles. The maximum Gasteiger partial charge on any atom is 0.252 e. The van der Waals surface area contributed by atoms with Gasteiger partial charge in [0.25, 0.3) is 5.54 Å². The molecule has 1 rings (SSSR count). The zero-order valence-corrected chi connectivity index (χ0v) is 8.40. The Morgan fingerprint density at radius 1 is 1.71 bits per heavy atom. The lowest BCUT2D eigenvalue weighted by Gasteiger charge is -2.38. The van der Waals surface area contributed by atoms with Crippen LogP contribution in [0.4, 0.5) is 4.39 Å². The van der Waals surface area contributed by atoms with Crippen LogP contribution in [0.25, 0.3) is 0 Å². The molecule has 0 spiro atoms. The zero-order valence-electron chi connectivity index (χ0n) is 8.40. The number of nitrogens with zero attached hydrogens (tertiary/aromatic N) is 1. The molecule has 0 N–H and O–H groups in total. The van der Waals surface area contributed by atoms with Crippen molar-refractivity contribution in [3.05, 3.63) is 10.1 Å². The van der Waals surface area contributed by atoms with Crippen molar-refractivity contribution in [3.8, 4) is 0 Å². The molecule has 0 saturated carbocycles. The van der Waals surface area contributed by atoms with Crippen LogP contribution in [0.1, 0.15) is 20.3 Å². The van der Waals surface area contributed by atoms with E-state index in [0.717, 1.165) is 0 Å². The summed E-state index contributed by atoms with van der Waals surface area (Å²) >= 11 is 0. The number of nitro groups is 1. The average Bonchev–Trinajstić information content (AvgIpc) is 2.02. The highest BCUT2D eigenvalue weighted by Gasteiger charge is 2.55. The highest BCUT2D eigenvalue weighted by Crippen LogP contribution is 2.33. The van der Waals surface area contributed by atoms with Gasteiger partial charge in [0.05, 0.1) is 12.5 Å². The molecule has 0 aromatic rings. The van der Waals surface area contributed by atoms with Gasteiger partial charge in [-0.1, -0.05) is 0 Å². The van der Waals surface area contributed by atoms with Gasteiger partial charge in [-0.3, -0.25) is 10.1 Å². The van der Waals surface area contributed by atoms with Crippen molar-refractivity contribution in [3.63, 3.8) is 0 Å². The van der Waals surface area contributed by atoms with Crippen LogP contribution in [0, 0.1) is 10.1 Å². The number of methoxy groups -OCH3 is 1. The first-order chi connectivity index (χ1) is 6.41. The first-order valence-electron chi connectivity index (χ1n) is 4.38. The molecule has 82 valence electrons. The van der Waals surface area contributed by atoms with Crippen LogP contribution in [0.15, 0.2) is 0 Å². The first kappa shape index (κ1) is 11.3. The maximum absolute atomic E-state index is 13.0. The van der Waals surface area contributed by atoms with Gasteiger partial charge in [0.15, 0.2) is 6.10 Å². The second kappa shape index (κ2) is 3.78. The molecule has 4 atom stereocenters. The van der Waals surface area contributed by atoms with Gasteiger partial charge in [-0.25, -0.2) is 4.39 Å². The molecule has 0 aromatic heterocycles. The summed E-state index contributed by atoms with van der Waals surface area (Å²) in [5, 5.41) is 10.8. The first-order valence-corrected chi connectivity index (χ1v) is 4.38. The molecular formula is C8H14FNO4. The Hall–Kier alpha value is -0.750. The second-order valence-corrected chi connectivity index (χ2v) is 3.73. The summed E-state index contributed by atoms with van der Waals surface area (Å²) < 4.78 is 22.9. The van der Waals surface area contributed by atoms with Gasteiger partial charge in [0.2, 0.25) is 6.36 Å². The lowest BCUT2D eigenvalue weighted by atomic mass is 9.86. The molecule has 1 unspecified atom stereocenters. The molecule has 0 bridgehead atoms. The number of ether oxygens (including phenoxy) is 2. The molecule has 1 aliphatic heterocycles. The molecule has 1 fully saturated rings. The van der Waals surface area contributed by atoms with E-state index >= 15 is 0 Å². The molecule has 1 aliphatic rings. The number of hydrogen-bond donors (Lipinski definition) is 0. The largest absolute Gasteiger partial charge is 0.371 e. The van der Waals surface area contributed by atoms with E-state index in [1.165, 1.54) is 14.0 Å². The molecule has 6 heteroatoms. The molecule has 0 amide bonds. The van der Waals surface area contributed by atoms with Crippen molar-refractivity contribution in [1.82, 2.24) is 0 Å². The lowest BCUT2D eigenvalue weighted by molar-refractivity contribution is -0.593. The minimum atomic E-state index is -1.59. The van der Waals surface area contributed by atoms with Gasteiger partial charge in [0.1, 0.15) is 0 Å². The van der Waals surface area contributed by atoms with E-state index in [4.69, 9.17) is 9.47 Å². The van der Waals surface area contributed by atoms with E-state index < -0.39 is 29.0 Å². The minimum absolute atomic E-state index is 0.275. The van der Waals surface area contributed by atoms with Crippen LogP contribution in [0.3, 0.4) is 0 Å². The highest BCUT2D eigenvalue weighted by molar-refractivity contribution is 4.92. The van der Waals surface area contributed by atoms with Crippen molar-refractivity contribution in [2.45, 2.75) is 44.4 Å². The third kappa shape index (κ3) is 1.72. The summed E-state index contributed by atoms with van der Waals surface area (Å²) in [5.41, 5.74) is -1.41. The fourth-order valence-corrected chi connectivity index (χ4v) is 1.92. The van der Waals surface area contributed by atoms with Crippen molar-refractivity contribution < 1.29 is 18.8 Å². The predicted molar refractivity (Wildman–Crippen MR) is 46.3 cm³/mol. The van der Waals surface area contributed by atoms with Crippen molar-refractivity contribution in [1.29, 1.82) is 0 Å². The third-order valence-electron chi connectivity index (χ3n) is 2.65. The topological polar surface area (TPSA) is 61.6 Å². The lowest BCUT2D eigenvalue weighted by Crippen LogP contribution is -2.58.